The van der Waals surface area contributed by atoms with Gasteiger partial charge in [-0.3, -0.25) is 10.1 Å². The average molecular weight is 348 g/mol. The van der Waals surface area contributed by atoms with Gasteiger partial charge in [0.2, 0.25) is 0 Å². The average Bonchev–Trinajstić information content (AvgIpc) is 2.22. The number of hydrogen-bond acceptors (Lipinski definition) is 3. The van der Waals surface area contributed by atoms with Crippen molar-refractivity contribution < 1.29 is 9.53 Å². The fraction of sp³-hybridized carbons (Fsp3) is 0.200. The summed E-state index contributed by atoms with van der Waals surface area (Å²) in [5.74, 6) is 0.0705. The van der Waals surface area contributed by atoms with E-state index in [0.29, 0.717) is 5.75 Å². The summed E-state index contributed by atoms with van der Waals surface area (Å²) >= 11 is 6.62. The van der Waals surface area contributed by atoms with Gasteiger partial charge in [-0.05, 0) is 41.1 Å². The van der Waals surface area contributed by atoms with Crippen LogP contribution in [0.3, 0.4) is 0 Å². The first-order valence-electron chi connectivity index (χ1n) is 4.35. The van der Waals surface area contributed by atoms with Crippen molar-refractivity contribution in [3.8, 4) is 11.9 Å². The third-order valence-electron chi connectivity index (χ3n) is 1.75. The molecule has 1 atom stereocenters. The van der Waals surface area contributed by atoms with Crippen LogP contribution in [0.2, 0.25) is 0 Å². The van der Waals surface area contributed by atoms with E-state index >= 15 is 0 Å². The van der Waals surface area contributed by atoms with Crippen LogP contribution in [0, 0.1) is 11.5 Å². The van der Waals surface area contributed by atoms with Crippen molar-refractivity contribution in [2.24, 2.45) is 0 Å². The Hall–Kier alpha value is -1.06. The fourth-order valence-electron chi connectivity index (χ4n) is 0.971. The third-order valence-corrected chi connectivity index (χ3v) is 2.86. The van der Waals surface area contributed by atoms with Crippen LogP contribution < -0.4 is 10.1 Å². The lowest BCUT2D eigenvalue weighted by molar-refractivity contribution is -0.126. The Morgan fingerprint density at radius 3 is 2.81 bits per heavy atom. The molecule has 1 rings (SSSR count). The summed E-state index contributed by atoms with van der Waals surface area (Å²) in [6.07, 6.45) is 0.834. The predicted molar refractivity (Wildman–Crippen MR) is 65.7 cm³/mol. The highest BCUT2D eigenvalue weighted by atomic mass is 79.9. The van der Waals surface area contributed by atoms with E-state index in [-0.39, 0.29) is 0 Å². The largest absolute Gasteiger partial charge is 0.480 e. The normalized spacial score (nSPS) is 11.4. The van der Waals surface area contributed by atoms with E-state index in [1.807, 2.05) is 11.4 Å². The molecule has 0 aliphatic heterocycles. The van der Waals surface area contributed by atoms with Gasteiger partial charge in [0, 0.05) is 4.47 Å². The van der Waals surface area contributed by atoms with Gasteiger partial charge in [0.15, 0.2) is 12.3 Å². The van der Waals surface area contributed by atoms with Gasteiger partial charge in [-0.1, -0.05) is 15.9 Å². The van der Waals surface area contributed by atoms with E-state index in [9.17, 15) is 4.79 Å². The second kappa shape index (κ2) is 5.87. The first kappa shape index (κ1) is 13.0. The number of benzene rings is 1. The molecule has 1 N–H and O–H groups in total. The van der Waals surface area contributed by atoms with Crippen molar-refractivity contribution >= 4 is 37.8 Å². The Morgan fingerprint density at radius 1 is 1.56 bits per heavy atom. The van der Waals surface area contributed by atoms with E-state index in [0.717, 1.165) is 8.95 Å². The van der Waals surface area contributed by atoms with Crippen LogP contribution in [0.25, 0.3) is 0 Å². The Morgan fingerprint density at radius 2 is 2.25 bits per heavy atom. The van der Waals surface area contributed by atoms with E-state index in [1.54, 1.807) is 25.2 Å². The molecule has 6 heteroatoms. The van der Waals surface area contributed by atoms with Gasteiger partial charge in [-0.25, -0.2) is 0 Å². The standard InChI is InChI=1S/C10H8Br2N2O2/c1-6(10(15)14-5-13)16-9-3-2-7(11)4-8(9)12/h2-4,6H,1H3,(H,14,15)/t6-/m0/s1. The predicted octanol–water partition coefficient (Wildman–Crippen LogP) is 2.58. The molecule has 0 heterocycles. The second-order valence-electron chi connectivity index (χ2n) is 2.94. The van der Waals surface area contributed by atoms with Crippen LogP contribution in [-0.2, 0) is 4.79 Å². The monoisotopic (exact) mass is 346 g/mol. The van der Waals surface area contributed by atoms with Gasteiger partial charge >= 0.3 is 0 Å². The lowest BCUT2D eigenvalue weighted by atomic mass is 10.3. The maximum absolute atomic E-state index is 11.2. The molecule has 0 unspecified atom stereocenters. The Bertz CT molecular complexity index is 443. The van der Waals surface area contributed by atoms with Crippen molar-refractivity contribution in [3.63, 3.8) is 0 Å². The third kappa shape index (κ3) is 3.51. The summed E-state index contributed by atoms with van der Waals surface area (Å²) in [4.78, 5) is 11.2. The molecule has 0 saturated carbocycles. The van der Waals surface area contributed by atoms with Crippen molar-refractivity contribution in [3.05, 3.63) is 27.1 Å². The smallest absolute Gasteiger partial charge is 0.273 e. The minimum Gasteiger partial charge on any atom is -0.480 e. The summed E-state index contributed by atoms with van der Waals surface area (Å²) in [5, 5.41) is 10.3. The maximum atomic E-state index is 11.2. The molecule has 4 nitrogen and oxygen atoms in total. The zero-order valence-electron chi connectivity index (χ0n) is 8.33. The van der Waals surface area contributed by atoms with Crippen molar-refractivity contribution in [1.82, 2.24) is 5.32 Å². The van der Waals surface area contributed by atoms with Crippen molar-refractivity contribution in [2.75, 3.05) is 0 Å². The number of halogens is 2. The number of carbonyl (C=O) groups is 1. The summed E-state index contributed by atoms with van der Waals surface area (Å²) in [5.41, 5.74) is 0. The highest BCUT2D eigenvalue weighted by Crippen LogP contribution is 2.28. The number of nitrogens with zero attached hydrogens (tertiary/aromatic N) is 1. The zero-order valence-corrected chi connectivity index (χ0v) is 11.5. The maximum Gasteiger partial charge on any atom is 0.273 e. The second-order valence-corrected chi connectivity index (χ2v) is 4.71. The van der Waals surface area contributed by atoms with Gasteiger partial charge in [-0.15, -0.1) is 0 Å². The van der Waals surface area contributed by atoms with E-state index < -0.39 is 12.0 Å². The molecule has 0 saturated heterocycles. The number of amides is 1. The first-order valence-corrected chi connectivity index (χ1v) is 5.94. The van der Waals surface area contributed by atoms with Crippen LogP contribution in [0.5, 0.6) is 5.75 Å². The quantitative estimate of drug-likeness (QED) is 0.675. The molecule has 0 spiro atoms. The number of rotatable bonds is 3. The molecule has 0 aliphatic rings. The van der Waals surface area contributed by atoms with Gasteiger partial charge in [0.25, 0.3) is 5.91 Å². The molecule has 1 aromatic rings. The van der Waals surface area contributed by atoms with Crippen molar-refractivity contribution in [1.29, 1.82) is 5.26 Å². The molecular weight excluding hydrogens is 340 g/mol. The minimum absolute atomic E-state index is 0.475. The highest BCUT2D eigenvalue weighted by Gasteiger charge is 2.15. The Kier molecular flexibility index (Phi) is 4.77. The van der Waals surface area contributed by atoms with Crippen LogP contribution in [0.4, 0.5) is 0 Å². The molecule has 1 aromatic carbocycles. The Labute approximate surface area is 110 Å². The van der Waals surface area contributed by atoms with Gasteiger partial charge < -0.3 is 4.74 Å². The van der Waals surface area contributed by atoms with Crippen molar-refractivity contribution in [2.45, 2.75) is 13.0 Å². The molecular formula is C10H8Br2N2O2. The fourth-order valence-corrected chi connectivity index (χ4v) is 2.11. The Balaban J connectivity index is 2.74. The van der Waals surface area contributed by atoms with Crippen LogP contribution in [0.1, 0.15) is 6.92 Å². The van der Waals surface area contributed by atoms with Crippen LogP contribution in [-0.4, -0.2) is 12.0 Å². The minimum atomic E-state index is -0.725. The van der Waals surface area contributed by atoms with E-state index in [2.05, 4.69) is 31.9 Å². The number of nitriles is 1. The number of carbonyl (C=O) groups excluding carboxylic acids is 1. The summed E-state index contributed by atoms with van der Waals surface area (Å²) in [6, 6.07) is 5.34. The number of ether oxygens (including phenoxy) is 1. The zero-order chi connectivity index (χ0) is 12.1. The molecule has 0 bridgehead atoms. The lowest BCUT2D eigenvalue weighted by Crippen LogP contribution is -2.33. The van der Waals surface area contributed by atoms with Gasteiger partial charge in [-0.2, -0.15) is 5.26 Å². The summed E-state index contributed by atoms with van der Waals surface area (Å²) in [7, 11) is 0. The number of hydrogen-bond donors (Lipinski definition) is 1. The molecule has 84 valence electrons. The topological polar surface area (TPSA) is 62.1 Å². The SMILES string of the molecule is C[C@H](Oc1ccc(Br)cc1Br)C(=O)NC#N. The lowest BCUT2D eigenvalue weighted by Gasteiger charge is -2.13. The van der Waals surface area contributed by atoms with E-state index in [4.69, 9.17) is 10.00 Å². The molecule has 0 fully saturated rings. The van der Waals surface area contributed by atoms with Gasteiger partial charge in [0.05, 0.1) is 4.47 Å². The first-order chi connectivity index (χ1) is 7.54. The summed E-state index contributed by atoms with van der Waals surface area (Å²) < 4.78 is 7.02. The molecule has 0 aromatic heterocycles. The van der Waals surface area contributed by atoms with Gasteiger partial charge in [0.1, 0.15) is 5.75 Å². The molecule has 0 radical (unpaired) electrons. The summed E-state index contributed by atoms with van der Waals surface area (Å²) in [6.45, 7) is 1.57. The molecule has 0 aliphatic carbocycles. The van der Waals surface area contributed by atoms with Crippen LogP contribution in [0.15, 0.2) is 27.1 Å². The molecule has 1 amide bonds. The van der Waals surface area contributed by atoms with Crippen LogP contribution >= 0.6 is 31.9 Å². The van der Waals surface area contributed by atoms with E-state index in [1.165, 1.54) is 0 Å². The highest BCUT2D eigenvalue weighted by molar-refractivity contribution is 9.11. The molecule has 16 heavy (non-hydrogen) atoms. The number of nitrogens with one attached hydrogen (secondary N) is 1.